The molecule has 0 aromatic heterocycles. The Morgan fingerprint density at radius 3 is 1.28 bits per heavy atom. The minimum absolute atomic E-state index is 0.449. The van der Waals surface area contributed by atoms with E-state index >= 15 is 0 Å². The molecule has 2 aliphatic rings. The van der Waals surface area contributed by atoms with E-state index in [-0.39, 0.29) is 0 Å². The fraction of sp³-hybridized carbons (Fsp3) is 0.125. The number of carbonyl (C=O) groups is 2. The highest BCUT2D eigenvalue weighted by Gasteiger charge is 2.28. The van der Waals surface area contributed by atoms with Gasteiger partial charge in [0.05, 0.1) is 11.4 Å². The fourth-order valence-electron chi connectivity index (χ4n) is 8.31. The number of aryl methyl sites for hydroxylation is 2. The third-order valence-corrected chi connectivity index (χ3v) is 10.6. The number of nitrogens with zero attached hydrogens (tertiary/aromatic N) is 2. The second kappa shape index (κ2) is 13.7. The van der Waals surface area contributed by atoms with E-state index < -0.39 is 11.9 Å². The molecule has 6 nitrogen and oxygen atoms in total. The van der Waals surface area contributed by atoms with Gasteiger partial charge in [-0.1, -0.05) is 132 Å². The summed E-state index contributed by atoms with van der Waals surface area (Å²) in [4.78, 5) is 34.7. The maximum atomic E-state index is 12.0. The largest absolute Gasteiger partial charge is 0.331 e. The van der Waals surface area contributed by atoms with Crippen molar-refractivity contribution < 1.29 is 19.3 Å². The summed E-state index contributed by atoms with van der Waals surface area (Å²) in [6, 6.07) is 47.1. The summed E-state index contributed by atoms with van der Waals surface area (Å²) < 4.78 is 0. The molecule has 0 aliphatic heterocycles. The van der Waals surface area contributed by atoms with Crippen LogP contribution in [0.5, 0.6) is 0 Å². The van der Waals surface area contributed by atoms with Crippen LogP contribution in [0, 0.1) is 0 Å². The first-order chi connectivity index (χ1) is 26.4. The van der Waals surface area contributed by atoms with E-state index in [0.29, 0.717) is 12.8 Å². The van der Waals surface area contributed by atoms with Crippen molar-refractivity contribution in [3.05, 3.63) is 156 Å². The van der Waals surface area contributed by atoms with Crippen molar-refractivity contribution in [2.75, 3.05) is 0 Å². The SMILES string of the molecule is CC(=O)O/N=C1\CCc2cccc3ccc(-c4cc(-c5ccccc5)c(-c5ccc6cccc7c6c5/C(=N/OC(C)=O)CC7)cc4-c4ccccc4)c1c23. The summed E-state index contributed by atoms with van der Waals surface area (Å²) in [5.74, 6) is -0.898. The lowest BCUT2D eigenvalue weighted by Gasteiger charge is -2.26. The lowest BCUT2D eigenvalue weighted by molar-refractivity contribution is -0.141. The molecule has 2 aliphatic carbocycles. The Morgan fingerprint density at radius 1 is 0.444 bits per heavy atom. The highest BCUT2D eigenvalue weighted by atomic mass is 16.7. The van der Waals surface area contributed by atoms with Crippen LogP contribution in [0.3, 0.4) is 0 Å². The van der Waals surface area contributed by atoms with Crippen LogP contribution in [0.15, 0.2) is 144 Å². The van der Waals surface area contributed by atoms with E-state index in [1.807, 2.05) is 12.1 Å². The quantitative estimate of drug-likeness (QED) is 0.128. The van der Waals surface area contributed by atoms with Crippen LogP contribution >= 0.6 is 0 Å². The van der Waals surface area contributed by atoms with Gasteiger partial charge in [0, 0.05) is 25.0 Å². The summed E-state index contributed by atoms with van der Waals surface area (Å²) in [5.41, 5.74) is 14.3. The summed E-state index contributed by atoms with van der Waals surface area (Å²) in [6.45, 7) is 2.76. The molecule has 0 saturated heterocycles. The molecular formula is C48H36N2O4. The average molecular weight is 705 g/mol. The zero-order valence-corrected chi connectivity index (χ0v) is 30.1. The van der Waals surface area contributed by atoms with Crippen LogP contribution in [-0.4, -0.2) is 23.4 Å². The molecular weight excluding hydrogens is 669 g/mol. The zero-order valence-electron chi connectivity index (χ0n) is 30.1. The van der Waals surface area contributed by atoms with Crippen LogP contribution in [-0.2, 0) is 32.1 Å². The molecule has 0 unspecified atom stereocenters. The second-order valence-electron chi connectivity index (χ2n) is 13.9. The summed E-state index contributed by atoms with van der Waals surface area (Å²) >= 11 is 0. The molecule has 54 heavy (non-hydrogen) atoms. The van der Waals surface area contributed by atoms with E-state index in [0.717, 1.165) is 101 Å². The standard InChI is InChI=1S/C48H36N2O4/c1-29(51)53-49-43-25-21-35-17-9-15-33-19-23-37(47(43)45(33)35)41-27-40(32-13-7-4-8-14-32)42(28-39(41)31-11-5-3-6-12-31)38-24-20-34-16-10-18-36-22-26-44(48(38)46(34)36)50-54-30(2)52/h3-20,23-24,27-28H,21-22,25-26H2,1-2H3/b49-43+,50-44+. The van der Waals surface area contributed by atoms with Crippen molar-refractivity contribution in [1.29, 1.82) is 0 Å². The Balaban J connectivity index is 1.40. The first-order valence-electron chi connectivity index (χ1n) is 18.3. The number of hydrogen-bond donors (Lipinski definition) is 0. The third-order valence-electron chi connectivity index (χ3n) is 10.6. The lowest BCUT2D eigenvalue weighted by Crippen LogP contribution is -2.14. The van der Waals surface area contributed by atoms with Crippen LogP contribution < -0.4 is 0 Å². The molecule has 6 heteroatoms. The average Bonchev–Trinajstić information content (AvgIpc) is 3.21. The molecule has 0 bridgehead atoms. The Kier molecular flexibility index (Phi) is 8.43. The maximum absolute atomic E-state index is 12.0. The van der Waals surface area contributed by atoms with Gasteiger partial charge in [-0.25, -0.2) is 9.59 Å². The highest BCUT2D eigenvalue weighted by Crippen LogP contribution is 2.47. The molecule has 9 rings (SSSR count). The molecule has 0 atom stereocenters. The topological polar surface area (TPSA) is 77.3 Å². The molecule has 0 N–H and O–H groups in total. The molecule has 0 saturated carbocycles. The lowest BCUT2D eigenvalue weighted by atomic mass is 9.78. The molecule has 0 heterocycles. The van der Waals surface area contributed by atoms with Gasteiger partial charge in [-0.2, -0.15) is 0 Å². The monoisotopic (exact) mass is 704 g/mol. The Hall–Kier alpha value is -6.66. The first kappa shape index (κ1) is 33.2. The number of rotatable bonds is 6. The smallest absolute Gasteiger partial charge is 0.318 e. The predicted octanol–water partition coefficient (Wildman–Crippen LogP) is 11.1. The van der Waals surface area contributed by atoms with E-state index in [1.165, 1.54) is 25.0 Å². The molecule has 0 amide bonds. The van der Waals surface area contributed by atoms with E-state index in [9.17, 15) is 9.59 Å². The summed E-state index contributed by atoms with van der Waals surface area (Å²) in [7, 11) is 0. The molecule has 0 fully saturated rings. The maximum Gasteiger partial charge on any atom is 0.331 e. The van der Waals surface area contributed by atoms with Gasteiger partial charge < -0.3 is 9.68 Å². The van der Waals surface area contributed by atoms with Crippen molar-refractivity contribution in [2.45, 2.75) is 39.5 Å². The van der Waals surface area contributed by atoms with Crippen LogP contribution in [0.2, 0.25) is 0 Å². The van der Waals surface area contributed by atoms with Gasteiger partial charge in [-0.15, -0.1) is 0 Å². The van der Waals surface area contributed by atoms with Crippen LogP contribution in [0.25, 0.3) is 66.1 Å². The van der Waals surface area contributed by atoms with Crippen molar-refractivity contribution in [1.82, 2.24) is 0 Å². The minimum atomic E-state index is -0.449. The number of oxime groups is 2. The normalized spacial score (nSPS) is 14.8. The van der Waals surface area contributed by atoms with Gasteiger partial charge in [0.25, 0.3) is 0 Å². The Morgan fingerprint density at radius 2 is 0.870 bits per heavy atom. The number of benzene rings is 7. The zero-order chi connectivity index (χ0) is 36.8. The van der Waals surface area contributed by atoms with Crippen molar-refractivity contribution in [3.8, 4) is 44.5 Å². The molecule has 7 aromatic carbocycles. The minimum Gasteiger partial charge on any atom is -0.318 e. The van der Waals surface area contributed by atoms with Gasteiger partial charge in [0.2, 0.25) is 0 Å². The molecule has 0 radical (unpaired) electrons. The Labute approximate surface area is 313 Å². The van der Waals surface area contributed by atoms with E-state index in [4.69, 9.17) is 9.68 Å². The van der Waals surface area contributed by atoms with Gasteiger partial charge in [-0.3, -0.25) is 0 Å². The first-order valence-corrected chi connectivity index (χ1v) is 18.3. The number of carbonyl (C=O) groups excluding carboxylic acids is 2. The molecule has 262 valence electrons. The van der Waals surface area contributed by atoms with Gasteiger partial charge >= 0.3 is 11.9 Å². The highest BCUT2D eigenvalue weighted by molar-refractivity contribution is 6.21. The van der Waals surface area contributed by atoms with Gasteiger partial charge in [-0.05, 0) is 115 Å². The van der Waals surface area contributed by atoms with Gasteiger partial charge in [0.1, 0.15) is 0 Å². The van der Waals surface area contributed by atoms with Gasteiger partial charge in [0.15, 0.2) is 0 Å². The third kappa shape index (κ3) is 5.86. The summed E-state index contributed by atoms with van der Waals surface area (Å²) in [6.07, 6.45) is 2.90. The van der Waals surface area contributed by atoms with E-state index in [2.05, 4.69) is 132 Å². The summed E-state index contributed by atoms with van der Waals surface area (Å²) in [5, 5.41) is 13.4. The van der Waals surface area contributed by atoms with Crippen LogP contribution in [0.4, 0.5) is 0 Å². The molecule has 0 spiro atoms. The Bertz CT molecular complexity index is 2520. The number of hydrogen-bond acceptors (Lipinski definition) is 6. The van der Waals surface area contributed by atoms with Crippen molar-refractivity contribution in [3.63, 3.8) is 0 Å². The fourth-order valence-corrected chi connectivity index (χ4v) is 8.31. The van der Waals surface area contributed by atoms with E-state index in [1.54, 1.807) is 0 Å². The predicted molar refractivity (Wildman–Crippen MR) is 216 cm³/mol. The van der Waals surface area contributed by atoms with Crippen LogP contribution in [0.1, 0.15) is 48.9 Å². The molecule has 7 aromatic rings. The second-order valence-corrected chi connectivity index (χ2v) is 13.9. The van der Waals surface area contributed by atoms with Crippen molar-refractivity contribution >= 4 is 44.9 Å². The van der Waals surface area contributed by atoms with Crippen molar-refractivity contribution in [2.24, 2.45) is 10.3 Å².